The second kappa shape index (κ2) is 8.13. The molecule has 0 aromatic heterocycles. The van der Waals surface area contributed by atoms with E-state index in [1.165, 1.54) is 0 Å². The van der Waals surface area contributed by atoms with Gasteiger partial charge in [0.15, 0.2) is 0 Å². The lowest BCUT2D eigenvalue weighted by molar-refractivity contribution is -0.145. The van der Waals surface area contributed by atoms with E-state index < -0.39 is 6.04 Å². The van der Waals surface area contributed by atoms with Gasteiger partial charge in [-0.1, -0.05) is 30.3 Å². The summed E-state index contributed by atoms with van der Waals surface area (Å²) in [6.07, 6.45) is 1.95. The predicted molar refractivity (Wildman–Crippen MR) is 91.4 cm³/mol. The van der Waals surface area contributed by atoms with Crippen molar-refractivity contribution in [3.63, 3.8) is 0 Å². The highest BCUT2D eigenvalue weighted by molar-refractivity contribution is 5.83. The fourth-order valence-electron chi connectivity index (χ4n) is 3.50. The molecule has 2 heterocycles. The number of carbonyl (C=O) groups is 2. The smallest absolute Gasteiger partial charge is 0.228 e. The van der Waals surface area contributed by atoms with Gasteiger partial charge in [0, 0.05) is 19.6 Å². The molecule has 0 saturated carbocycles. The molecular formula is C19H23N3O3. The second-order valence-corrected chi connectivity index (χ2v) is 6.59. The van der Waals surface area contributed by atoms with Gasteiger partial charge in [-0.25, -0.2) is 0 Å². The first-order chi connectivity index (χ1) is 12.2. The van der Waals surface area contributed by atoms with E-state index in [2.05, 4.69) is 6.07 Å². The molecule has 25 heavy (non-hydrogen) atoms. The van der Waals surface area contributed by atoms with Crippen LogP contribution in [0.15, 0.2) is 30.3 Å². The Balaban J connectivity index is 1.61. The minimum absolute atomic E-state index is 0.0212. The van der Waals surface area contributed by atoms with E-state index in [-0.39, 0.29) is 24.3 Å². The second-order valence-electron chi connectivity index (χ2n) is 6.59. The zero-order valence-corrected chi connectivity index (χ0v) is 14.3. The van der Waals surface area contributed by atoms with Crippen molar-refractivity contribution in [1.82, 2.24) is 9.80 Å². The number of rotatable bonds is 3. The largest absolute Gasteiger partial charge is 0.376 e. The average Bonchev–Trinajstić information content (AvgIpc) is 2.68. The molecule has 2 saturated heterocycles. The fraction of sp³-hybridized carbons (Fsp3) is 0.526. The average molecular weight is 341 g/mol. The molecule has 132 valence electrons. The Labute approximate surface area is 148 Å². The summed E-state index contributed by atoms with van der Waals surface area (Å²) in [5.41, 5.74) is 0.985. The number of nitrogens with zero attached hydrogens (tertiary/aromatic N) is 3. The maximum Gasteiger partial charge on any atom is 0.228 e. The third kappa shape index (κ3) is 4.18. The first kappa shape index (κ1) is 17.4. The van der Waals surface area contributed by atoms with E-state index in [1.807, 2.05) is 30.3 Å². The number of morpholine rings is 1. The maximum absolute atomic E-state index is 12.8. The molecule has 2 atom stereocenters. The molecule has 0 aliphatic carbocycles. The van der Waals surface area contributed by atoms with Crippen LogP contribution in [0.5, 0.6) is 0 Å². The number of hydrogen-bond donors (Lipinski definition) is 0. The molecule has 2 fully saturated rings. The van der Waals surface area contributed by atoms with E-state index in [4.69, 9.17) is 4.74 Å². The van der Waals surface area contributed by atoms with E-state index in [1.54, 1.807) is 9.80 Å². The zero-order valence-electron chi connectivity index (χ0n) is 14.3. The summed E-state index contributed by atoms with van der Waals surface area (Å²) in [6.45, 7) is 2.32. The SMILES string of the molecule is N#C[C@H]1COCCN1C(=O)[C@H]1CCCN(C(=O)Cc2ccccc2)C1. The minimum atomic E-state index is -0.517. The van der Waals surface area contributed by atoms with Gasteiger partial charge in [-0.15, -0.1) is 0 Å². The highest BCUT2D eigenvalue weighted by Gasteiger charge is 2.35. The van der Waals surface area contributed by atoms with Crippen molar-refractivity contribution in [1.29, 1.82) is 5.26 Å². The third-order valence-corrected chi connectivity index (χ3v) is 4.88. The summed E-state index contributed by atoms with van der Waals surface area (Å²) >= 11 is 0. The number of hydrogen-bond acceptors (Lipinski definition) is 4. The Morgan fingerprint density at radius 3 is 2.80 bits per heavy atom. The van der Waals surface area contributed by atoms with E-state index in [9.17, 15) is 14.9 Å². The van der Waals surface area contributed by atoms with Crippen LogP contribution < -0.4 is 0 Å². The fourth-order valence-corrected chi connectivity index (χ4v) is 3.50. The van der Waals surface area contributed by atoms with Crippen molar-refractivity contribution in [2.24, 2.45) is 5.92 Å². The predicted octanol–water partition coefficient (Wildman–Crippen LogP) is 1.22. The lowest BCUT2D eigenvalue weighted by Crippen LogP contribution is -2.53. The number of ether oxygens (including phenoxy) is 1. The first-order valence-electron chi connectivity index (χ1n) is 8.78. The summed E-state index contributed by atoms with van der Waals surface area (Å²) in [7, 11) is 0. The Morgan fingerprint density at radius 2 is 2.04 bits per heavy atom. The van der Waals surface area contributed by atoms with Gasteiger partial charge in [-0.3, -0.25) is 9.59 Å². The molecule has 1 aromatic rings. The highest BCUT2D eigenvalue weighted by Crippen LogP contribution is 2.22. The highest BCUT2D eigenvalue weighted by atomic mass is 16.5. The quantitative estimate of drug-likeness (QED) is 0.828. The third-order valence-electron chi connectivity index (χ3n) is 4.88. The maximum atomic E-state index is 12.8. The molecule has 0 bridgehead atoms. The van der Waals surface area contributed by atoms with Crippen LogP contribution in [0.1, 0.15) is 18.4 Å². The van der Waals surface area contributed by atoms with Crippen molar-refractivity contribution < 1.29 is 14.3 Å². The molecule has 2 aliphatic rings. The summed E-state index contributed by atoms with van der Waals surface area (Å²) in [5, 5.41) is 9.22. The van der Waals surface area contributed by atoms with Gasteiger partial charge < -0.3 is 14.5 Å². The molecule has 2 aliphatic heterocycles. The minimum Gasteiger partial charge on any atom is -0.376 e. The van der Waals surface area contributed by atoms with Crippen LogP contribution in [0.25, 0.3) is 0 Å². The number of amides is 2. The molecular weight excluding hydrogens is 318 g/mol. The molecule has 0 N–H and O–H groups in total. The van der Waals surface area contributed by atoms with Gasteiger partial charge in [-0.2, -0.15) is 5.26 Å². The van der Waals surface area contributed by atoms with Crippen molar-refractivity contribution in [2.75, 3.05) is 32.8 Å². The number of carbonyl (C=O) groups excluding carboxylic acids is 2. The summed E-state index contributed by atoms with van der Waals surface area (Å²) in [4.78, 5) is 28.8. The van der Waals surface area contributed by atoms with E-state index >= 15 is 0 Å². The summed E-state index contributed by atoms with van der Waals surface area (Å²) < 4.78 is 5.29. The summed E-state index contributed by atoms with van der Waals surface area (Å²) in [6, 6.07) is 11.3. The molecule has 6 heteroatoms. The molecule has 0 spiro atoms. The molecule has 1 aromatic carbocycles. The van der Waals surface area contributed by atoms with Gasteiger partial charge in [0.2, 0.25) is 11.8 Å². The molecule has 0 unspecified atom stereocenters. The number of piperidine rings is 1. The Bertz CT molecular complexity index is 656. The van der Waals surface area contributed by atoms with Crippen molar-refractivity contribution in [3.05, 3.63) is 35.9 Å². The van der Waals surface area contributed by atoms with Crippen LogP contribution in [0.3, 0.4) is 0 Å². The first-order valence-corrected chi connectivity index (χ1v) is 8.78. The molecule has 2 amide bonds. The number of benzene rings is 1. The Morgan fingerprint density at radius 1 is 1.24 bits per heavy atom. The Hall–Kier alpha value is -2.39. The van der Waals surface area contributed by atoms with Crippen LogP contribution in [0, 0.1) is 17.2 Å². The normalized spacial score (nSPS) is 23.8. The summed E-state index contributed by atoms with van der Waals surface area (Å²) in [5.74, 6) is -0.183. The molecule has 3 rings (SSSR count). The lowest BCUT2D eigenvalue weighted by Gasteiger charge is -2.38. The van der Waals surface area contributed by atoms with Crippen LogP contribution in [-0.4, -0.2) is 60.5 Å². The van der Waals surface area contributed by atoms with Crippen LogP contribution in [0.2, 0.25) is 0 Å². The number of nitriles is 1. The monoisotopic (exact) mass is 341 g/mol. The zero-order chi connectivity index (χ0) is 17.6. The topological polar surface area (TPSA) is 73.6 Å². The van der Waals surface area contributed by atoms with Gasteiger partial charge in [-0.05, 0) is 18.4 Å². The molecule has 6 nitrogen and oxygen atoms in total. The van der Waals surface area contributed by atoms with Crippen molar-refractivity contribution in [3.8, 4) is 6.07 Å². The van der Waals surface area contributed by atoms with E-state index in [0.29, 0.717) is 32.7 Å². The van der Waals surface area contributed by atoms with Gasteiger partial charge in [0.1, 0.15) is 6.04 Å². The van der Waals surface area contributed by atoms with Crippen LogP contribution >= 0.6 is 0 Å². The van der Waals surface area contributed by atoms with Crippen LogP contribution in [0.4, 0.5) is 0 Å². The lowest BCUT2D eigenvalue weighted by atomic mass is 9.95. The van der Waals surface area contributed by atoms with Crippen molar-refractivity contribution in [2.45, 2.75) is 25.3 Å². The van der Waals surface area contributed by atoms with Gasteiger partial charge >= 0.3 is 0 Å². The standard InChI is InChI=1S/C19H23N3O3/c20-12-17-14-25-10-9-22(17)19(24)16-7-4-8-21(13-16)18(23)11-15-5-2-1-3-6-15/h1-3,5-6,16-17H,4,7-11,13-14H2/t16-,17-/m0/s1. The number of likely N-dealkylation sites (tertiary alicyclic amines) is 1. The Kier molecular flexibility index (Phi) is 5.67. The van der Waals surface area contributed by atoms with Gasteiger partial charge in [0.25, 0.3) is 0 Å². The molecule has 0 radical (unpaired) electrons. The van der Waals surface area contributed by atoms with Crippen LogP contribution in [-0.2, 0) is 20.7 Å². The van der Waals surface area contributed by atoms with E-state index in [0.717, 1.165) is 18.4 Å². The van der Waals surface area contributed by atoms with Crippen molar-refractivity contribution >= 4 is 11.8 Å². The van der Waals surface area contributed by atoms with Gasteiger partial charge in [0.05, 0.1) is 31.6 Å².